The fraction of sp³-hybridized carbons (Fsp3) is 0.154. The summed E-state index contributed by atoms with van der Waals surface area (Å²) in [5.74, 6) is -1.88. The second kappa shape index (κ2) is 9.20. The monoisotopic (exact) mass is 491 g/mol. The van der Waals surface area contributed by atoms with Crippen molar-refractivity contribution in [2.75, 3.05) is 5.32 Å². The number of benzene rings is 2. The van der Waals surface area contributed by atoms with E-state index in [-0.39, 0.29) is 50.0 Å². The number of hydrogen-bond donors (Lipinski definition) is 2. The van der Waals surface area contributed by atoms with Gasteiger partial charge in [-0.3, -0.25) is 4.79 Å². The number of carboxylic acid groups (broad SMARTS) is 1. The first-order chi connectivity index (χ1) is 16.6. The van der Waals surface area contributed by atoms with Crippen molar-refractivity contribution in [3.8, 4) is 17.4 Å². The summed E-state index contributed by atoms with van der Waals surface area (Å²) in [6.07, 6.45) is 0. The fourth-order valence-corrected chi connectivity index (χ4v) is 4.15. The Balaban J connectivity index is 1.94. The van der Waals surface area contributed by atoms with Gasteiger partial charge >= 0.3 is 5.97 Å². The van der Waals surface area contributed by atoms with Gasteiger partial charge in [0.2, 0.25) is 0 Å². The van der Waals surface area contributed by atoms with E-state index in [1.807, 2.05) is 19.1 Å². The summed E-state index contributed by atoms with van der Waals surface area (Å²) in [5.41, 5.74) is 1.46. The van der Waals surface area contributed by atoms with E-state index in [1.54, 1.807) is 19.9 Å². The molecule has 4 aromatic rings. The van der Waals surface area contributed by atoms with Crippen LogP contribution in [0.1, 0.15) is 45.7 Å². The number of fused-ring (bicyclic) bond motifs is 1. The van der Waals surface area contributed by atoms with E-state index in [4.69, 9.17) is 16.0 Å². The third kappa shape index (κ3) is 4.34. The van der Waals surface area contributed by atoms with Crippen molar-refractivity contribution >= 4 is 34.2 Å². The van der Waals surface area contributed by atoms with Crippen LogP contribution in [0.4, 0.5) is 10.1 Å². The number of carbonyl (C=O) groups is 1. The highest BCUT2D eigenvalue weighted by atomic mass is 35.5. The van der Waals surface area contributed by atoms with Gasteiger partial charge < -0.3 is 14.8 Å². The molecule has 1 atom stereocenters. The molecule has 0 fully saturated rings. The number of aromatic carboxylic acids is 1. The number of aryl methyl sites for hydroxylation is 1. The largest absolute Gasteiger partial charge is 0.476 e. The van der Waals surface area contributed by atoms with Crippen LogP contribution < -0.4 is 10.7 Å². The summed E-state index contributed by atoms with van der Waals surface area (Å²) in [5, 5.41) is 22.5. The van der Waals surface area contributed by atoms with Gasteiger partial charge in [-0.1, -0.05) is 23.7 Å². The van der Waals surface area contributed by atoms with Gasteiger partial charge in [-0.15, -0.1) is 0 Å². The summed E-state index contributed by atoms with van der Waals surface area (Å²) < 4.78 is 20.5. The van der Waals surface area contributed by atoms with E-state index in [2.05, 4.69) is 10.3 Å². The van der Waals surface area contributed by atoms with Crippen molar-refractivity contribution in [1.29, 1.82) is 5.26 Å². The minimum Gasteiger partial charge on any atom is -0.476 e. The number of hydrogen-bond acceptors (Lipinski definition) is 6. The Labute approximate surface area is 204 Å². The van der Waals surface area contributed by atoms with E-state index < -0.39 is 17.8 Å². The predicted octanol–water partition coefficient (Wildman–Crippen LogP) is 6.01. The van der Waals surface area contributed by atoms with E-state index in [0.717, 1.165) is 11.6 Å². The molecule has 9 heteroatoms. The van der Waals surface area contributed by atoms with E-state index in [0.29, 0.717) is 10.9 Å². The summed E-state index contributed by atoms with van der Waals surface area (Å²) >= 11 is 5.86. The van der Waals surface area contributed by atoms with Crippen LogP contribution in [-0.2, 0) is 0 Å². The van der Waals surface area contributed by atoms with Crippen LogP contribution in [0, 0.1) is 31.0 Å². The molecule has 7 nitrogen and oxygen atoms in total. The molecule has 0 amide bonds. The maximum absolute atomic E-state index is 14.3. The Morgan fingerprint density at radius 1 is 1.26 bits per heavy atom. The molecule has 0 spiro atoms. The van der Waals surface area contributed by atoms with Crippen molar-refractivity contribution in [3.63, 3.8) is 0 Å². The Morgan fingerprint density at radius 2 is 2.00 bits per heavy atom. The molecule has 35 heavy (non-hydrogen) atoms. The van der Waals surface area contributed by atoms with Gasteiger partial charge in [0, 0.05) is 16.7 Å². The lowest BCUT2D eigenvalue weighted by molar-refractivity contribution is 0.0691. The number of anilines is 1. The van der Waals surface area contributed by atoms with Crippen molar-refractivity contribution < 1.29 is 18.7 Å². The maximum atomic E-state index is 14.3. The lowest BCUT2D eigenvalue weighted by Gasteiger charge is -2.20. The van der Waals surface area contributed by atoms with Crippen molar-refractivity contribution in [2.24, 2.45) is 0 Å². The normalized spacial score (nSPS) is 11.8. The zero-order chi connectivity index (χ0) is 25.4. The molecule has 0 saturated heterocycles. The lowest BCUT2D eigenvalue weighted by Crippen LogP contribution is -2.15. The molecular formula is C26H19ClFN3O4. The molecule has 2 N–H and O–H groups in total. The first-order valence-corrected chi connectivity index (χ1v) is 10.9. The molecule has 0 aliphatic heterocycles. The van der Waals surface area contributed by atoms with Crippen molar-refractivity contribution in [1.82, 2.24) is 4.98 Å². The molecule has 0 bridgehead atoms. The highest BCUT2D eigenvalue weighted by Gasteiger charge is 2.22. The molecule has 0 saturated carbocycles. The molecule has 2 heterocycles. The smallest absolute Gasteiger partial charge is 0.356 e. The maximum Gasteiger partial charge on any atom is 0.356 e. The van der Waals surface area contributed by atoms with Gasteiger partial charge in [0.15, 0.2) is 11.1 Å². The minimum absolute atomic E-state index is 0.0381. The quantitative estimate of drug-likeness (QED) is 0.328. The van der Waals surface area contributed by atoms with E-state index >= 15 is 0 Å². The number of pyridine rings is 1. The lowest BCUT2D eigenvalue weighted by atomic mass is 9.97. The fourth-order valence-electron chi connectivity index (χ4n) is 4.00. The average molecular weight is 492 g/mol. The highest BCUT2D eigenvalue weighted by molar-refractivity contribution is 6.29. The summed E-state index contributed by atoms with van der Waals surface area (Å²) in [6.45, 7) is 5.16. The van der Waals surface area contributed by atoms with Crippen molar-refractivity contribution in [3.05, 3.63) is 91.6 Å². The number of nitrogens with zero attached hydrogens (tertiary/aromatic N) is 2. The molecule has 176 valence electrons. The Hall–Kier alpha value is -4.22. The van der Waals surface area contributed by atoms with Gasteiger partial charge in [-0.2, -0.15) is 5.26 Å². The Bertz CT molecular complexity index is 1610. The molecular weight excluding hydrogens is 473 g/mol. The number of aromatic nitrogens is 1. The first-order valence-electron chi connectivity index (χ1n) is 10.6. The third-order valence-corrected chi connectivity index (χ3v) is 5.87. The van der Waals surface area contributed by atoms with E-state index in [1.165, 1.54) is 24.3 Å². The van der Waals surface area contributed by atoms with Crippen LogP contribution >= 0.6 is 11.6 Å². The van der Waals surface area contributed by atoms with Crippen LogP contribution in [0.3, 0.4) is 0 Å². The second-order valence-corrected chi connectivity index (χ2v) is 8.48. The number of nitrogens with one attached hydrogen (secondary N) is 1. The van der Waals surface area contributed by atoms with Gasteiger partial charge in [-0.05, 0) is 56.7 Å². The molecule has 0 aliphatic rings. The molecule has 4 rings (SSSR count). The summed E-state index contributed by atoms with van der Waals surface area (Å²) in [6, 6.07) is 11.9. The second-order valence-electron chi connectivity index (χ2n) is 8.09. The van der Waals surface area contributed by atoms with Crippen molar-refractivity contribution in [2.45, 2.75) is 26.8 Å². The number of rotatable bonds is 5. The Morgan fingerprint density at radius 3 is 2.69 bits per heavy atom. The standard InChI is InChI=1S/C26H19ClFN3O4/c1-12-9-16(14(3)30-20-7-8-21(27)31-22(20)26(33)34)25-17(10-12)23(32)13(2)24(35-25)15-5-4-6-19(28)18(15)11-29/h4-10,14,30H,1-3H3,(H,33,34). The van der Waals surface area contributed by atoms with Crippen LogP contribution in [0.15, 0.2) is 51.7 Å². The van der Waals surface area contributed by atoms with Crippen LogP contribution in [0.5, 0.6) is 0 Å². The summed E-state index contributed by atoms with van der Waals surface area (Å²) in [7, 11) is 0. The van der Waals surface area contributed by atoms with Gasteiger partial charge in [0.05, 0.1) is 22.7 Å². The molecule has 0 aliphatic carbocycles. The molecule has 2 aromatic carbocycles. The molecule has 1 unspecified atom stereocenters. The minimum atomic E-state index is -1.25. The SMILES string of the molecule is Cc1cc(C(C)Nc2ccc(Cl)nc2C(=O)O)c2oc(-c3cccc(F)c3C#N)c(C)c(=O)c2c1. The molecule has 0 radical (unpaired) electrons. The highest BCUT2D eigenvalue weighted by Crippen LogP contribution is 2.34. The predicted molar refractivity (Wildman–Crippen MR) is 130 cm³/mol. The van der Waals surface area contributed by atoms with Gasteiger partial charge in [0.25, 0.3) is 0 Å². The number of carboxylic acids is 1. The average Bonchev–Trinajstić information content (AvgIpc) is 2.82. The molecule has 2 aromatic heterocycles. The topological polar surface area (TPSA) is 116 Å². The summed E-state index contributed by atoms with van der Waals surface area (Å²) in [4.78, 5) is 28.8. The number of halogens is 2. The zero-order valence-corrected chi connectivity index (χ0v) is 19.7. The number of nitriles is 1. The van der Waals surface area contributed by atoms with Crippen LogP contribution in [0.2, 0.25) is 5.15 Å². The van der Waals surface area contributed by atoms with E-state index in [9.17, 15) is 24.3 Å². The van der Waals surface area contributed by atoms with Gasteiger partial charge in [-0.25, -0.2) is 14.2 Å². The van der Waals surface area contributed by atoms with Crippen LogP contribution in [0.25, 0.3) is 22.3 Å². The third-order valence-electron chi connectivity index (χ3n) is 5.66. The van der Waals surface area contributed by atoms with Crippen LogP contribution in [-0.4, -0.2) is 16.1 Å². The zero-order valence-electron chi connectivity index (χ0n) is 18.9. The van der Waals surface area contributed by atoms with Gasteiger partial charge in [0.1, 0.15) is 28.4 Å². The first kappa shape index (κ1) is 23.9. The Kier molecular flexibility index (Phi) is 6.29.